The fourth-order valence-electron chi connectivity index (χ4n) is 3.14. The summed E-state index contributed by atoms with van der Waals surface area (Å²) in [7, 11) is 2.02. The Bertz CT molecular complexity index is 397. The zero-order valence-corrected chi connectivity index (χ0v) is 12.8. The van der Waals surface area contributed by atoms with E-state index in [1.54, 1.807) is 0 Å². The van der Waals surface area contributed by atoms with Gasteiger partial charge < -0.3 is 10.2 Å². The second-order valence-electron chi connectivity index (χ2n) is 5.68. The SMILES string of the molecule is CNCCN1CCN(c2c(C)cc(C)cc2C)CC1. The molecular weight excluding hydrogens is 234 g/mol. The Morgan fingerprint density at radius 3 is 2.11 bits per heavy atom. The number of aryl methyl sites for hydroxylation is 3. The van der Waals surface area contributed by atoms with Crippen molar-refractivity contribution in [2.75, 3.05) is 51.2 Å². The van der Waals surface area contributed by atoms with Crippen LogP contribution < -0.4 is 10.2 Å². The summed E-state index contributed by atoms with van der Waals surface area (Å²) >= 11 is 0. The van der Waals surface area contributed by atoms with Crippen molar-refractivity contribution in [3.8, 4) is 0 Å². The molecule has 0 unspecified atom stereocenters. The molecule has 1 aromatic carbocycles. The van der Waals surface area contributed by atoms with Gasteiger partial charge in [0.05, 0.1) is 0 Å². The molecular formula is C16H27N3. The third-order valence-electron chi connectivity index (χ3n) is 4.00. The van der Waals surface area contributed by atoms with Crippen LogP contribution in [0.3, 0.4) is 0 Å². The first-order chi connectivity index (χ1) is 9.11. The molecule has 1 fully saturated rings. The average molecular weight is 261 g/mol. The fourth-order valence-corrected chi connectivity index (χ4v) is 3.14. The highest BCUT2D eigenvalue weighted by atomic mass is 15.3. The highest BCUT2D eigenvalue weighted by Gasteiger charge is 2.19. The molecule has 3 heteroatoms. The molecule has 1 aliphatic heterocycles. The first-order valence-corrected chi connectivity index (χ1v) is 7.31. The van der Waals surface area contributed by atoms with Crippen LogP contribution in [0.2, 0.25) is 0 Å². The predicted molar refractivity (Wildman–Crippen MR) is 83.2 cm³/mol. The number of likely N-dealkylation sites (N-methyl/N-ethyl adjacent to an activating group) is 1. The van der Waals surface area contributed by atoms with Gasteiger partial charge in [0, 0.05) is 45.0 Å². The van der Waals surface area contributed by atoms with Crippen LogP contribution in [0.1, 0.15) is 16.7 Å². The summed E-state index contributed by atoms with van der Waals surface area (Å²) in [6, 6.07) is 4.60. The summed E-state index contributed by atoms with van der Waals surface area (Å²) in [5, 5.41) is 3.23. The van der Waals surface area contributed by atoms with Gasteiger partial charge in [0.1, 0.15) is 0 Å². The Hall–Kier alpha value is -1.06. The van der Waals surface area contributed by atoms with Crippen LogP contribution in [0.25, 0.3) is 0 Å². The van der Waals surface area contributed by atoms with E-state index in [2.05, 4.69) is 48.0 Å². The van der Waals surface area contributed by atoms with Gasteiger partial charge in [-0.2, -0.15) is 0 Å². The van der Waals surface area contributed by atoms with Crippen molar-refractivity contribution in [3.05, 3.63) is 28.8 Å². The molecule has 0 radical (unpaired) electrons. The standard InChI is InChI=1S/C16H27N3/c1-13-11-14(2)16(15(3)12-13)19-9-7-18(8-10-19)6-5-17-4/h11-12,17H,5-10H2,1-4H3. The first kappa shape index (κ1) is 14.4. The number of piperazine rings is 1. The van der Waals surface area contributed by atoms with Gasteiger partial charge in [-0.25, -0.2) is 0 Å². The number of hydrogen-bond acceptors (Lipinski definition) is 3. The summed E-state index contributed by atoms with van der Waals surface area (Å²) < 4.78 is 0. The van der Waals surface area contributed by atoms with Crippen molar-refractivity contribution in [3.63, 3.8) is 0 Å². The van der Waals surface area contributed by atoms with E-state index in [1.165, 1.54) is 35.5 Å². The van der Waals surface area contributed by atoms with E-state index in [9.17, 15) is 0 Å². The van der Waals surface area contributed by atoms with Crippen molar-refractivity contribution in [1.82, 2.24) is 10.2 Å². The molecule has 1 N–H and O–H groups in total. The van der Waals surface area contributed by atoms with Crippen molar-refractivity contribution in [2.45, 2.75) is 20.8 Å². The van der Waals surface area contributed by atoms with E-state index in [0.717, 1.165) is 26.2 Å². The van der Waals surface area contributed by atoms with Crippen LogP contribution in [-0.4, -0.2) is 51.2 Å². The molecule has 1 saturated heterocycles. The smallest absolute Gasteiger partial charge is 0.0426 e. The molecule has 0 aromatic heterocycles. The van der Waals surface area contributed by atoms with Gasteiger partial charge in [0.2, 0.25) is 0 Å². The van der Waals surface area contributed by atoms with Gasteiger partial charge in [-0.15, -0.1) is 0 Å². The number of nitrogens with zero attached hydrogens (tertiary/aromatic N) is 2. The molecule has 3 nitrogen and oxygen atoms in total. The first-order valence-electron chi connectivity index (χ1n) is 7.31. The number of benzene rings is 1. The second kappa shape index (κ2) is 6.40. The van der Waals surface area contributed by atoms with Crippen LogP contribution in [0, 0.1) is 20.8 Å². The highest BCUT2D eigenvalue weighted by Crippen LogP contribution is 2.27. The van der Waals surface area contributed by atoms with Gasteiger partial charge in [0.25, 0.3) is 0 Å². The largest absolute Gasteiger partial charge is 0.369 e. The molecule has 1 aliphatic rings. The summed E-state index contributed by atoms with van der Waals surface area (Å²) in [6.07, 6.45) is 0. The second-order valence-corrected chi connectivity index (χ2v) is 5.68. The summed E-state index contributed by atoms with van der Waals surface area (Å²) in [5.74, 6) is 0. The minimum absolute atomic E-state index is 1.09. The Morgan fingerprint density at radius 1 is 1.00 bits per heavy atom. The molecule has 0 saturated carbocycles. The Kier molecular flexibility index (Phi) is 4.83. The van der Waals surface area contributed by atoms with Gasteiger partial charge in [-0.1, -0.05) is 17.7 Å². The van der Waals surface area contributed by atoms with Crippen LogP contribution >= 0.6 is 0 Å². The molecule has 1 aromatic rings. The van der Waals surface area contributed by atoms with Crippen molar-refractivity contribution >= 4 is 5.69 Å². The van der Waals surface area contributed by atoms with Crippen LogP contribution in [0.15, 0.2) is 12.1 Å². The van der Waals surface area contributed by atoms with Crippen molar-refractivity contribution in [2.24, 2.45) is 0 Å². The van der Waals surface area contributed by atoms with E-state index < -0.39 is 0 Å². The lowest BCUT2D eigenvalue weighted by atomic mass is 10.0. The molecule has 0 amide bonds. The van der Waals surface area contributed by atoms with E-state index in [0.29, 0.717) is 0 Å². The van der Waals surface area contributed by atoms with E-state index in [-0.39, 0.29) is 0 Å². The van der Waals surface area contributed by atoms with Crippen molar-refractivity contribution < 1.29 is 0 Å². The molecule has 1 heterocycles. The summed E-state index contributed by atoms with van der Waals surface area (Å²) in [6.45, 7) is 13.6. The quantitative estimate of drug-likeness (QED) is 0.894. The molecule has 19 heavy (non-hydrogen) atoms. The number of rotatable bonds is 4. The third-order valence-corrected chi connectivity index (χ3v) is 4.00. The van der Waals surface area contributed by atoms with Crippen molar-refractivity contribution in [1.29, 1.82) is 0 Å². The maximum absolute atomic E-state index is 3.23. The summed E-state index contributed by atoms with van der Waals surface area (Å²) in [5.41, 5.74) is 5.66. The predicted octanol–water partition coefficient (Wildman–Crippen LogP) is 1.95. The zero-order valence-electron chi connectivity index (χ0n) is 12.8. The lowest BCUT2D eigenvalue weighted by Gasteiger charge is -2.37. The lowest BCUT2D eigenvalue weighted by molar-refractivity contribution is 0.259. The summed E-state index contributed by atoms with van der Waals surface area (Å²) in [4.78, 5) is 5.10. The Labute approximate surface area is 117 Å². The minimum atomic E-state index is 1.09. The molecule has 2 rings (SSSR count). The fraction of sp³-hybridized carbons (Fsp3) is 0.625. The number of anilines is 1. The van der Waals surface area contributed by atoms with Gasteiger partial charge in [-0.3, -0.25) is 4.90 Å². The van der Waals surface area contributed by atoms with Gasteiger partial charge >= 0.3 is 0 Å². The van der Waals surface area contributed by atoms with Crippen LogP contribution in [-0.2, 0) is 0 Å². The number of hydrogen-bond donors (Lipinski definition) is 1. The van der Waals surface area contributed by atoms with Crippen LogP contribution in [0.4, 0.5) is 5.69 Å². The highest BCUT2D eigenvalue weighted by molar-refractivity contribution is 5.60. The zero-order chi connectivity index (χ0) is 13.8. The van der Waals surface area contributed by atoms with Gasteiger partial charge in [0.15, 0.2) is 0 Å². The Morgan fingerprint density at radius 2 is 1.58 bits per heavy atom. The molecule has 0 aliphatic carbocycles. The maximum atomic E-state index is 3.23. The lowest BCUT2D eigenvalue weighted by Crippen LogP contribution is -2.48. The maximum Gasteiger partial charge on any atom is 0.0426 e. The molecule has 0 spiro atoms. The monoisotopic (exact) mass is 261 g/mol. The Balaban J connectivity index is 2.02. The topological polar surface area (TPSA) is 18.5 Å². The minimum Gasteiger partial charge on any atom is -0.369 e. The van der Waals surface area contributed by atoms with E-state index in [4.69, 9.17) is 0 Å². The third kappa shape index (κ3) is 3.48. The molecule has 0 atom stereocenters. The van der Waals surface area contributed by atoms with Gasteiger partial charge in [-0.05, 0) is 38.9 Å². The molecule has 0 bridgehead atoms. The molecule has 106 valence electrons. The number of nitrogens with one attached hydrogen (secondary N) is 1. The van der Waals surface area contributed by atoms with E-state index >= 15 is 0 Å². The average Bonchev–Trinajstić information content (AvgIpc) is 2.36. The normalized spacial score (nSPS) is 16.9. The van der Waals surface area contributed by atoms with Crippen LogP contribution in [0.5, 0.6) is 0 Å². The van der Waals surface area contributed by atoms with E-state index in [1.807, 2.05) is 7.05 Å².